The van der Waals surface area contributed by atoms with Gasteiger partial charge in [-0.3, -0.25) is 14.6 Å². The van der Waals surface area contributed by atoms with E-state index < -0.39 is 0 Å². The first-order valence-electron chi connectivity index (χ1n) is 10.1. The zero-order valence-electron chi connectivity index (χ0n) is 17.1. The molecule has 0 radical (unpaired) electrons. The van der Waals surface area contributed by atoms with E-state index in [1.807, 2.05) is 31.2 Å². The van der Waals surface area contributed by atoms with Gasteiger partial charge in [0, 0.05) is 36.8 Å². The maximum atomic E-state index is 12.4. The summed E-state index contributed by atoms with van der Waals surface area (Å²) in [4.78, 5) is 21.2. The van der Waals surface area contributed by atoms with E-state index in [0.29, 0.717) is 40.5 Å². The Bertz CT molecular complexity index is 1050. The lowest BCUT2D eigenvalue weighted by molar-refractivity contribution is -0.117. The highest BCUT2D eigenvalue weighted by Crippen LogP contribution is 2.25. The lowest BCUT2D eigenvalue weighted by Crippen LogP contribution is -2.48. The van der Waals surface area contributed by atoms with Gasteiger partial charge in [-0.2, -0.15) is 4.98 Å². The van der Waals surface area contributed by atoms with E-state index in [1.54, 1.807) is 18.2 Å². The highest BCUT2D eigenvalue weighted by Gasteiger charge is 2.21. The molecule has 162 valence electrons. The van der Waals surface area contributed by atoms with Gasteiger partial charge in [-0.05, 0) is 25.1 Å². The van der Waals surface area contributed by atoms with E-state index >= 15 is 0 Å². The molecule has 1 N–H and O–H groups in total. The average Bonchev–Trinajstić information content (AvgIpc) is 3.21. The predicted molar refractivity (Wildman–Crippen MR) is 121 cm³/mol. The third-order valence-corrected chi connectivity index (χ3v) is 5.74. The van der Waals surface area contributed by atoms with Crippen molar-refractivity contribution in [3.63, 3.8) is 0 Å². The van der Waals surface area contributed by atoms with E-state index in [-0.39, 0.29) is 5.91 Å². The molecule has 1 aliphatic heterocycles. The van der Waals surface area contributed by atoms with E-state index in [1.165, 1.54) is 5.56 Å². The van der Waals surface area contributed by atoms with Crippen molar-refractivity contribution < 1.29 is 9.32 Å². The summed E-state index contributed by atoms with van der Waals surface area (Å²) in [7, 11) is 0. The Balaban J connectivity index is 1.25. The fourth-order valence-corrected chi connectivity index (χ4v) is 3.76. The van der Waals surface area contributed by atoms with Gasteiger partial charge in [0.25, 0.3) is 0 Å². The SMILES string of the molecule is Cc1ccc(-c2noc(CN3CCN(CC(=O)Nc4cc(Cl)ccc4Cl)CC3)n2)cc1. The Morgan fingerprint density at radius 2 is 1.77 bits per heavy atom. The summed E-state index contributed by atoms with van der Waals surface area (Å²) in [5.41, 5.74) is 2.66. The van der Waals surface area contributed by atoms with Crippen LogP contribution in [0.2, 0.25) is 10.0 Å². The molecule has 0 bridgehead atoms. The number of piperazine rings is 1. The maximum Gasteiger partial charge on any atom is 0.241 e. The molecule has 9 heteroatoms. The molecule has 0 unspecified atom stereocenters. The molecule has 2 aromatic carbocycles. The Morgan fingerprint density at radius 3 is 2.52 bits per heavy atom. The van der Waals surface area contributed by atoms with Gasteiger partial charge in [0.1, 0.15) is 0 Å². The van der Waals surface area contributed by atoms with Crippen LogP contribution in [-0.4, -0.2) is 58.6 Å². The van der Waals surface area contributed by atoms with Crippen LogP contribution in [0.5, 0.6) is 0 Å². The van der Waals surface area contributed by atoms with Crippen molar-refractivity contribution in [3.05, 3.63) is 64.0 Å². The Labute approximate surface area is 190 Å². The molecule has 1 amide bonds. The van der Waals surface area contributed by atoms with Crippen molar-refractivity contribution in [1.29, 1.82) is 0 Å². The van der Waals surface area contributed by atoms with Crippen molar-refractivity contribution >= 4 is 34.8 Å². The lowest BCUT2D eigenvalue weighted by Gasteiger charge is -2.33. The van der Waals surface area contributed by atoms with Gasteiger partial charge in [0.2, 0.25) is 17.6 Å². The van der Waals surface area contributed by atoms with Gasteiger partial charge < -0.3 is 9.84 Å². The lowest BCUT2D eigenvalue weighted by atomic mass is 10.1. The largest absolute Gasteiger partial charge is 0.338 e. The molecule has 2 heterocycles. The van der Waals surface area contributed by atoms with Gasteiger partial charge in [0.15, 0.2) is 0 Å². The molecule has 0 spiro atoms. The second-order valence-corrected chi connectivity index (χ2v) is 8.45. The van der Waals surface area contributed by atoms with E-state index in [9.17, 15) is 4.79 Å². The summed E-state index contributed by atoms with van der Waals surface area (Å²) in [6.07, 6.45) is 0. The summed E-state index contributed by atoms with van der Waals surface area (Å²) >= 11 is 12.1. The van der Waals surface area contributed by atoms with Crippen LogP contribution >= 0.6 is 23.2 Å². The topological polar surface area (TPSA) is 74.5 Å². The standard InChI is InChI=1S/C22H23Cl2N5O2/c1-15-2-4-16(5-3-15)22-26-21(31-27-22)14-29-10-8-28(9-11-29)13-20(30)25-19-12-17(23)6-7-18(19)24/h2-7,12H,8-11,13-14H2,1H3,(H,25,30). The van der Waals surface area contributed by atoms with Crippen LogP contribution < -0.4 is 5.32 Å². The monoisotopic (exact) mass is 459 g/mol. The number of carbonyl (C=O) groups is 1. The molecule has 1 aliphatic rings. The van der Waals surface area contributed by atoms with Crippen molar-refractivity contribution in [2.75, 3.05) is 38.0 Å². The molecular formula is C22H23Cl2N5O2. The molecule has 0 saturated carbocycles. The number of hydrogen-bond donors (Lipinski definition) is 1. The third kappa shape index (κ3) is 5.83. The number of aryl methyl sites for hydroxylation is 1. The zero-order chi connectivity index (χ0) is 21.8. The molecular weight excluding hydrogens is 437 g/mol. The fraction of sp³-hybridized carbons (Fsp3) is 0.318. The Kier molecular flexibility index (Phi) is 6.87. The number of amides is 1. The van der Waals surface area contributed by atoms with Gasteiger partial charge in [-0.25, -0.2) is 0 Å². The summed E-state index contributed by atoms with van der Waals surface area (Å²) < 4.78 is 5.43. The van der Waals surface area contributed by atoms with Crippen LogP contribution in [0.1, 0.15) is 11.5 Å². The molecule has 31 heavy (non-hydrogen) atoms. The summed E-state index contributed by atoms with van der Waals surface area (Å²) in [6, 6.07) is 13.0. The first-order chi connectivity index (χ1) is 15.0. The molecule has 1 fully saturated rings. The highest BCUT2D eigenvalue weighted by molar-refractivity contribution is 6.35. The first-order valence-corrected chi connectivity index (χ1v) is 10.8. The summed E-state index contributed by atoms with van der Waals surface area (Å²) in [5, 5.41) is 7.91. The molecule has 4 rings (SSSR count). The number of halogens is 2. The number of carbonyl (C=O) groups excluding carboxylic acids is 1. The van der Waals surface area contributed by atoms with Gasteiger partial charge in [-0.15, -0.1) is 0 Å². The average molecular weight is 460 g/mol. The number of rotatable bonds is 6. The number of nitrogens with zero attached hydrogens (tertiary/aromatic N) is 4. The molecule has 3 aromatic rings. The van der Waals surface area contributed by atoms with Crippen molar-refractivity contribution in [2.45, 2.75) is 13.5 Å². The number of hydrogen-bond acceptors (Lipinski definition) is 6. The van der Waals surface area contributed by atoms with Crippen LogP contribution in [0.25, 0.3) is 11.4 Å². The van der Waals surface area contributed by atoms with Crippen LogP contribution in [0, 0.1) is 6.92 Å². The minimum absolute atomic E-state index is 0.114. The van der Waals surface area contributed by atoms with Gasteiger partial charge in [-0.1, -0.05) is 58.2 Å². The Morgan fingerprint density at radius 1 is 1.06 bits per heavy atom. The Hall–Kier alpha value is -2.45. The fourth-order valence-electron chi connectivity index (χ4n) is 3.42. The van der Waals surface area contributed by atoms with Crippen molar-refractivity contribution in [3.8, 4) is 11.4 Å². The number of aromatic nitrogens is 2. The zero-order valence-corrected chi connectivity index (χ0v) is 18.7. The quantitative estimate of drug-likeness (QED) is 0.597. The smallest absolute Gasteiger partial charge is 0.241 e. The molecule has 1 saturated heterocycles. The van der Waals surface area contributed by atoms with Crippen LogP contribution in [0.15, 0.2) is 47.0 Å². The van der Waals surface area contributed by atoms with Crippen molar-refractivity contribution in [2.24, 2.45) is 0 Å². The van der Waals surface area contributed by atoms with Crippen LogP contribution in [0.4, 0.5) is 5.69 Å². The van der Waals surface area contributed by atoms with Crippen molar-refractivity contribution in [1.82, 2.24) is 19.9 Å². The molecule has 7 nitrogen and oxygen atoms in total. The summed E-state index contributed by atoms with van der Waals surface area (Å²) in [5.74, 6) is 1.08. The van der Waals surface area contributed by atoms with Gasteiger partial charge in [0.05, 0.1) is 23.8 Å². The second-order valence-electron chi connectivity index (χ2n) is 7.60. The van der Waals surface area contributed by atoms with Crippen LogP contribution in [-0.2, 0) is 11.3 Å². The number of anilines is 1. The normalized spacial score (nSPS) is 15.2. The highest BCUT2D eigenvalue weighted by atomic mass is 35.5. The minimum Gasteiger partial charge on any atom is -0.338 e. The predicted octanol–water partition coefficient (Wildman–Crippen LogP) is 4.11. The maximum absolute atomic E-state index is 12.4. The van der Waals surface area contributed by atoms with E-state index in [2.05, 4.69) is 25.3 Å². The molecule has 1 aromatic heterocycles. The third-order valence-electron chi connectivity index (χ3n) is 5.17. The van der Waals surface area contributed by atoms with E-state index in [4.69, 9.17) is 27.7 Å². The number of nitrogens with one attached hydrogen (secondary N) is 1. The van der Waals surface area contributed by atoms with Crippen LogP contribution in [0.3, 0.4) is 0 Å². The minimum atomic E-state index is -0.114. The summed E-state index contributed by atoms with van der Waals surface area (Å²) in [6.45, 7) is 6.11. The number of benzene rings is 2. The molecule has 0 aliphatic carbocycles. The first kappa shape index (κ1) is 21.8. The van der Waals surface area contributed by atoms with E-state index in [0.717, 1.165) is 31.7 Å². The second kappa shape index (κ2) is 9.78. The van der Waals surface area contributed by atoms with Gasteiger partial charge >= 0.3 is 0 Å². The molecule has 0 atom stereocenters.